The van der Waals surface area contributed by atoms with Gasteiger partial charge in [-0.3, -0.25) is 4.68 Å². The summed E-state index contributed by atoms with van der Waals surface area (Å²) in [7, 11) is 2.15. The molecule has 5 nitrogen and oxygen atoms in total. The number of ether oxygens (including phenoxy) is 1. The topological polar surface area (TPSA) is 42.3 Å². The lowest BCUT2D eigenvalue weighted by atomic mass is 10.2. The van der Waals surface area contributed by atoms with E-state index in [4.69, 9.17) is 9.84 Å². The van der Waals surface area contributed by atoms with E-state index in [-0.39, 0.29) is 6.10 Å². The van der Waals surface area contributed by atoms with Gasteiger partial charge in [-0.25, -0.2) is 0 Å². The van der Waals surface area contributed by atoms with E-state index in [2.05, 4.69) is 60.1 Å². The Bertz CT molecular complexity index is 653. The molecule has 1 aromatic heterocycles. The van der Waals surface area contributed by atoms with Crippen LogP contribution >= 0.6 is 0 Å². The van der Waals surface area contributed by atoms with Gasteiger partial charge in [0.15, 0.2) is 0 Å². The lowest BCUT2D eigenvalue weighted by Crippen LogP contribution is -2.44. The highest BCUT2D eigenvalue weighted by molar-refractivity contribution is 5.26. The van der Waals surface area contributed by atoms with E-state index in [1.54, 1.807) is 0 Å². The van der Waals surface area contributed by atoms with Gasteiger partial charge in [0.25, 0.3) is 0 Å². The number of morpholine rings is 1. The summed E-state index contributed by atoms with van der Waals surface area (Å²) in [5, 5.41) is 8.27. The van der Waals surface area contributed by atoms with Crippen molar-refractivity contribution in [2.24, 2.45) is 0 Å². The van der Waals surface area contributed by atoms with E-state index < -0.39 is 0 Å². The molecule has 0 saturated carbocycles. The first-order valence-corrected chi connectivity index (χ1v) is 8.71. The van der Waals surface area contributed by atoms with Gasteiger partial charge in [0.05, 0.1) is 24.9 Å². The second-order valence-corrected chi connectivity index (χ2v) is 6.68. The van der Waals surface area contributed by atoms with Crippen molar-refractivity contribution in [1.29, 1.82) is 0 Å². The maximum absolute atomic E-state index is 5.81. The summed E-state index contributed by atoms with van der Waals surface area (Å²) in [6.07, 6.45) is 0.281. The first-order valence-electron chi connectivity index (χ1n) is 8.71. The first kappa shape index (κ1) is 17.1. The fraction of sp³-hybridized carbons (Fsp3) is 0.526. The van der Waals surface area contributed by atoms with Crippen molar-refractivity contribution >= 4 is 0 Å². The van der Waals surface area contributed by atoms with E-state index in [0.717, 1.165) is 45.0 Å². The number of likely N-dealkylation sites (N-methyl/N-ethyl adjacent to an activating group) is 1. The number of benzene rings is 1. The van der Waals surface area contributed by atoms with Crippen LogP contribution in [0.15, 0.2) is 30.3 Å². The first-order chi connectivity index (χ1) is 11.6. The molecule has 1 aliphatic heterocycles. The van der Waals surface area contributed by atoms with Crippen LogP contribution in [0.1, 0.15) is 22.5 Å². The second kappa shape index (κ2) is 7.92. The van der Waals surface area contributed by atoms with Crippen LogP contribution in [0.4, 0.5) is 0 Å². The van der Waals surface area contributed by atoms with E-state index >= 15 is 0 Å². The molecule has 24 heavy (non-hydrogen) atoms. The van der Waals surface area contributed by atoms with Crippen LogP contribution in [0.25, 0.3) is 0 Å². The van der Waals surface area contributed by atoms with Crippen molar-refractivity contribution < 1.29 is 4.74 Å². The molecule has 0 spiro atoms. The molecule has 3 rings (SSSR count). The van der Waals surface area contributed by atoms with Crippen molar-refractivity contribution in [2.75, 3.05) is 33.3 Å². The minimum absolute atomic E-state index is 0.281. The second-order valence-electron chi connectivity index (χ2n) is 6.68. The maximum atomic E-state index is 5.81. The van der Waals surface area contributed by atoms with Crippen LogP contribution in [-0.4, -0.2) is 54.1 Å². The zero-order valence-electron chi connectivity index (χ0n) is 15.0. The van der Waals surface area contributed by atoms with Crippen LogP contribution in [0.5, 0.6) is 0 Å². The smallest absolute Gasteiger partial charge is 0.0826 e. The molecule has 1 saturated heterocycles. The number of hydrogen-bond acceptors (Lipinski definition) is 4. The van der Waals surface area contributed by atoms with E-state index in [9.17, 15) is 0 Å². The van der Waals surface area contributed by atoms with Crippen LogP contribution < -0.4 is 5.32 Å². The molecule has 1 fully saturated rings. The van der Waals surface area contributed by atoms with Gasteiger partial charge >= 0.3 is 0 Å². The highest BCUT2D eigenvalue weighted by Crippen LogP contribution is 2.15. The molecule has 130 valence electrons. The molecule has 0 radical (unpaired) electrons. The third kappa shape index (κ3) is 4.23. The Balaban J connectivity index is 1.58. The fourth-order valence-corrected chi connectivity index (χ4v) is 3.25. The Morgan fingerprint density at radius 2 is 2.04 bits per heavy atom. The third-order valence-electron chi connectivity index (χ3n) is 4.72. The Kier molecular flexibility index (Phi) is 5.66. The molecule has 2 aromatic rings. The Morgan fingerprint density at radius 1 is 1.25 bits per heavy atom. The van der Waals surface area contributed by atoms with Crippen LogP contribution in [0.3, 0.4) is 0 Å². The molecule has 1 atom stereocenters. The van der Waals surface area contributed by atoms with Crippen molar-refractivity contribution in [3.63, 3.8) is 0 Å². The molecule has 0 amide bonds. The molecule has 1 N–H and O–H groups in total. The van der Waals surface area contributed by atoms with Crippen molar-refractivity contribution in [1.82, 2.24) is 20.0 Å². The largest absolute Gasteiger partial charge is 0.374 e. The summed E-state index contributed by atoms with van der Waals surface area (Å²) >= 11 is 0. The number of hydrogen-bond donors (Lipinski definition) is 1. The third-order valence-corrected chi connectivity index (χ3v) is 4.72. The molecule has 2 heterocycles. The molecule has 0 aliphatic carbocycles. The summed E-state index contributed by atoms with van der Waals surface area (Å²) in [6.45, 7) is 9.66. The molecule has 1 aromatic carbocycles. The van der Waals surface area contributed by atoms with Gasteiger partial charge in [-0.05, 0) is 26.5 Å². The van der Waals surface area contributed by atoms with Gasteiger partial charge < -0.3 is 15.0 Å². The minimum atomic E-state index is 0.281. The standard InChI is InChI=1S/C19H28N4O/c1-15-19(12-20-11-18-14-22(3)9-10-24-18)16(2)23(21-15)13-17-7-5-4-6-8-17/h4-8,18,20H,9-14H2,1-3H3. The molecular formula is C19H28N4O. The summed E-state index contributed by atoms with van der Waals surface area (Å²) in [5.74, 6) is 0. The van der Waals surface area contributed by atoms with Gasteiger partial charge in [0, 0.05) is 37.4 Å². The Morgan fingerprint density at radius 3 is 2.79 bits per heavy atom. The van der Waals surface area contributed by atoms with E-state index in [0.29, 0.717) is 0 Å². The van der Waals surface area contributed by atoms with Gasteiger partial charge in [0.2, 0.25) is 0 Å². The number of nitrogens with one attached hydrogen (secondary N) is 1. The molecule has 5 heteroatoms. The quantitative estimate of drug-likeness (QED) is 0.880. The highest BCUT2D eigenvalue weighted by atomic mass is 16.5. The summed E-state index contributed by atoms with van der Waals surface area (Å²) in [6, 6.07) is 10.5. The van der Waals surface area contributed by atoms with Crippen LogP contribution in [0, 0.1) is 13.8 Å². The molecular weight excluding hydrogens is 300 g/mol. The van der Waals surface area contributed by atoms with E-state index in [1.807, 2.05) is 6.07 Å². The van der Waals surface area contributed by atoms with Crippen LogP contribution in [-0.2, 0) is 17.8 Å². The number of aromatic nitrogens is 2. The monoisotopic (exact) mass is 328 g/mol. The number of nitrogens with zero attached hydrogens (tertiary/aromatic N) is 3. The predicted octanol–water partition coefficient (Wildman–Crippen LogP) is 1.97. The fourth-order valence-electron chi connectivity index (χ4n) is 3.25. The van der Waals surface area contributed by atoms with Crippen molar-refractivity contribution in [3.8, 4) is 0 Å². The Hall–Kier alpha value is -1.69. The van der Waals surface area contributed by atoms with Gasteiger partial charge in [-0.15, -0.1) is 0 Å². The summed E-state index contributed by atoms with van der Waals surface area (Å²) < 4.78 is 7.91. The average molecular weight is 328 g/mol. The average Bonchev–Trinajstić information content (AvgIpc) is 2.83. The zero-order chi connectivity index (χ0) is 16.9. The van der Waals surface area contributed by atoms with Crippen molar-refractivity contribution in [2.45, 2.75) is 33.0 Å². The predicted molar refractivity (Wildman–Crippen MR) is 96.2 cm³/mol. The SMILES string of the molecule is Cc1nn(Cc2ccccc2)c(C)c1CNCC1CN(C)CCO1. The summed E-state index contributed by atoms with van der Waals surface area (Å²) in [4.78, 5) is 2.32. The van der Waals surface area contributed by atoms with Gasteiger partial charge in [-0.1, -0.05) is 30.3 Å². The van der Waals surface area contributed by atoms with E-state index in [1.165, 1.54) is 16.8 Å². The van der Waals surface area contributed by atoms with Crippen LogP contribution in [0.2, 0.25) is 0 Å². The van der Waals surface area contributed by atoms with Crippen molar-refractivity contribution in [3.05, 3.63) is 52.8 Å². The zero-order valence-corrected chi connectivity index (χ0v) is 15.0. The molecule has 0 bridgehead atoms. The molecule has 1 unspecified atom stereocenters. The summed E-state index contributed by atoms with van der Waals surface area (Å²) in [5.41, 5.74) is 4.93. The van der Waals surface area contributed by atoms with Gasteiger partial charge in [-0.2, -0.15) is 5.10 Å². The van der Waals surface area contributed by atoms with Gasteiger partial charge in [0.1, 0.15) is 0 Å². The minimum Gasteiger partial charge on any atom is -0.374 e. The highest BCUT2D eigenvalue weighted by Gasteiger charge is 2.18. The number of rotatable bonds is 6. The molecule has 1 aliphatic rings. The normalized spacial score (nSPS) is 18.9. The lowest BCUT2D eigenvalue weighted by Gasteiger charge is -2.30. The number of aryl methyl sites for hydroxylation is 1. The Labute approximate surface area is 144 Å². The lowest BCUT2D eigenvalue weighted by molar-refractivity contribution is -0.0182. The maximum Gasteiger partial charge on any atom is 0.0826 e.